The van der Waals surface area contributed by atoms with Crippen LogP contribution in [0.5, 0.6) is 11.5 Å². The van der Waals surface area contributed by atoms with Crippen LogP contribution in [0.1, 0.15) is 16.4 Å². The number of anilines is 1. The van der Waals surface area contributed by atoms with E-state index in [0.717, 1.165) is 16.2 Å². The summed E-state index contributed by atoms with van der Waals surface area (Å²) < 4.78 is 5.27. The molecule has 0 saturated heterocycles. The van der Waals surface area contributed by atoms with E-state index in [1.165, 1.54) is 10.5 Å². The van der Waals surface area contributed by atoms with Gasteiger partial charge in [0.1, 0.15) is 16.5 Å². The van der Waals surface area contributed by atoms with Crippen LogP contribution in [0.15, 0.2) is 41.3 Å². The highest BCUT2D eigenvalue weighted by Crippen LogP contribution is 2.49. The number of thioether (sulfide) groups is 1. The Kier molecular flexibility index (Phi) is 4.02. The summed E-state index contributed by atoms with van der Waals surface area (Å²) >= 11 is 7.30. The molecule has 0 saturated carbocycles. The van der Waals surface area contributed by atoms with Crippen LogP contribution in [-0.2, 0) is 0 Å². The first-order chi connectivity index (χ1) is 10.5. The van der Waals surface area contributed by atoms with Gasteiger partial charge in [0.2, 0.25) is 0 Å². The molecule has 0 spiro atoms. The second-order valence-electron chi connectivity index (χ2n) is 5.29. The number of fused-ring (bicyclic) bond motifs is 1. The minimum Gasteiger partial charge on any atom is -0.508 e. The molecule has 22 heavy (non-hydrogen) atoms. The van der Waals surface area contributed by atoms with Crippen LogP contribution in [0.3, 0.4) is 0 Å². The van der Waals surface area contributed by atoms with Crippen LogP contribution < -0.4 is 9.64 Å². The van der Waals surface area contributed by atoms with Crippen molar-refractivity contribution in [1.29, 1.82) is 0 Å². The number of phenolic OH excluding ortho intramolecular Hbond substituents is 1. The number of thiocarbonyl (C=S) groups is 1. The summed E-state index contributed by atoms with van der Waals surface area (Å²) in [6.45, 7) is 2.08. The maximum absolute atomic E-state index is 10.2. The zero-order valence-electron chi connectivity index (χ0n) is 12.7. The molecule has 0 fully saturated rings. The molecule has 1 aliphatic heterocycles. The van der Waals surface area contributed by atoms with Gasteiger partial charge < -0.3 is 14.7 Å². The zero-order chi connectivity index (χ0) is 15.9. The zero-order valence-corrected chi connectivity index (χ0v) is 14.3. The molecule has 1 unspecified atom stereocenters. The van der Waals surface area contributed by atoms with E-state index >= 15 is 0 Å². The lowest BCUT2D eigenvalue weighted by Gasteiger charge is -2.34. The minimum absolute atomic E-state index is 0.107. The topological polar surface area (TPSA) is 32.7 Å². The smallest absolute Gasteiger partial charge is 0.120 e. The lowest BCUT2D eigenvalue weighted by Crippen LogP contribution is -2.32. The third kappa shape index (κ3) is 2.55. The van der Waals surface area contributed by atoms with Crippen molar-refractivity contribution in [3.8, 4) is 11.5 Å². The minimum atomic E-state index is -0.107. The van der Waals surface area contributed by atoms with E-state index in [1.807, 2.05) is 18.0 Å². The maximum Gasteiger partial charge on any atom is 0.120 e. The molecule has 5 heteroatoms. The van der Waals surface area contributed by atoms with Crippen LogP contribution in [0.25, 0.3) is 0 Å². The van der Waals surface area contributed by atoms with Gasteiger partial charge in [0, 0.05) is 17.5 Å². The highest BCUT2D eigenvalue weighted by molar-refractivity contribution is 8.01. The fourth-order valence-corrected chi connectivity index (χ4v) is 4.31. The first-order valence-electron chi connectivity index (χ1n) is 6.93. The van der Waals surface area contributed by atoms with Crippen molar-refractivity contribution in [2.75, 3.05) is 19.1 Å². The number of methoxy groups -OCH3 is 1. The summed E-state index contributed by atoms with van der Waals surface area (Å²) in [6, 6.07) is 11.6. The summed E-state index contributed by atoms with van der Waals surface area (Å²) in [5, 5.41) is 10.1. The number of aromatic hydroxyl groups is 1. The number of ether oxygens (including phenoxy) is 1. The molecular formula is C17H17NO2S2. The number of rotatable bonds is 2. The molecule has 1 atom stereocenters. The Labute approximate surface area is 139 Å². The van der Waals surface area contributed by atoms with Gasteiger partial charge in [-0.15, -0.1) is 11.8 Å². The Balaban J connectivity index is 2.07. The molecule has 3 nitrogen and oxygen atoms in total. The van der Waals surface area contributed by atoms with Crippen molar-refractivity contribution in [3.63, 3.8) is 0 Å². The van der Waals surface area contributed by atoms with Crippen LogP contribution >= 0.6 is 24.0 Å². The number of nitrogens with zero attached hydrogens (tertiary/aromatic N) is 1. The van der Waals surface area contributed by atoms with Crippen molar-refractivity contribution in [2.24, 2.45) is 0 Å². The van der Waals surface area contributed by atoms with Crippen LogP contribution in [0.4, 0.5) is 5.69 Å². The Bertz CT molecular complexity index is 745. The van der Waals surface area contributed by atoms with Crippen LogP contribution in [-0.4, -0.2) is 24.3 Å². The SMILES string of the molecule is COc1ccc(O)c(C2Sc3cc(C)ccc3N(C)C2=S)c1. The normalized spacial score (nSPS) is 17.3. The predicted octanol–water partition coefficient (Wildman–Crippen LogP) is 4.32. The van der Waals surface area contributed by atoms with Gasteiger partial charge in [0.25, 0.3) is 0 Å². The highest BCUT2D eigenvalue weighted by atomic mass is 32.2. The molecule has 1 heterocycles. The van der Waals surface area contributed by atoms with Gasteiger partial charge in [0.15, 0.2) is 0 Å². The van der Waals surface area contributed by atoms with Gasteiger partial charge >= 0.3 is 0 Å². The van der Waals surface area contributed by atoms with Gasteiger partial charge in [-0.1, -0.05) is 18.3 Å². The molecule has 0 aliphatic carbocycles. The predicted molar refractivity (Wildman–Crippen MR) is 95.4 cm³/mol. The lowest BCUT2D eigenvalue weighted by atomic mass is 10.1. The Hall–Kier alpha value is -1.72. The number of phenols is 1. The highest BCUT2D eigenvalue weighted by Gasteiger charge is 2.31. The standard InChI is InChI=1S/C17H17NO2S2/c1-10-4-6-13-15(8-10)22-16(17(21)18(13)2)12-9-11(20-3)5-7-14(12)19/h4-9,16,19H,1-3H3. The molecule has 3 rings (SSSR count). The quantitative estimate of drug-likeness (QED) is 0.829. The van der Waals surface area contributed by atoms with Gasteiger partial charge in [0.05, 0.1) is 18.0 Å². The summed E-state index contributed by atoms with van der Waals surface area (Å²) in [5.41, 5.74) is 3.11. The molecular weight excluding hydrogens is 314 g/mol. The average molecular weight is 331 g/mol. The molecule has 0 aromatic heterocycles. The Morgan fingerprint density at radius 2 is 2.00 bits per heavy atom. The van der Waals surface area contributed by atoms with Gasteiger partial charge in [-0.25, -0.2) is 0 Å². The van der Waals surface area contributed by atoms with E-state index in [9.17, 15) is 5.11 Å². The van der Waals surface area contributed by atoms with Gasteiger partial charge in [-0.3, -0.25) is 0 Å². The molecule has 2 aromatic rings. The number of benzene rings is 2. The summed E-state index contributed by atoms with van der Waals surface area (Å²) in [5.74, 6) is 0.957. The number of aryl methyl sites for hydroxylation is 1. The fourth-order valence-electron chi connectivity index (χ4n) is 2.53. The summed E-state index contributed by atoms with van der Waals surface area (Å²) in [6.07, 6.45) is 0. The molecule has 1 aliphatic rings. The maximum atomic E-state index is 10.2. The van der Waals surface area contributed by atoms with Crippen molar-refractivity contribution in [3.05, 3.63) is 47.5 Å². The third-order valence-electron chi connectivity index (χ3n) is 3.79. The summed E-state index contributed by atoms with van der Waals surface area (Å²) in [4.78, 5) is 3.97. The van der Waals surface area contributed by atoms with Crippen LogP contribution in [0, 0.1) is 6.92 Å². The van der Waals surface area contributed by atoms with Gasteiger partial charge in [-0.05, 0) is 42.8 Å². The van der Waals surface area contributed by atoms with Crippen LogP contribution in [0.2, 0.25) is 0 Å². The molecule has 0 radical (unpaired) electrons. The first-order valence-corrected chi connectivity index (χ1v) is 8.22. The van der Waals surface area contributed by atoms with Crippen molar-refractivity contribution >= 4 is 34.7 Å². The second kappa shape index (κ2) is 5.82. The monoisotopic (exact) mass is 331 g/mol. The van der Waals surface area contributed by atoms with E-state index in [-0.39, 0.29) is 11.0 Å². The summed E-state index contributed by atoms with van der Waals surface area (Å²) in [7, 11) is 3.59. The third-order valence-corrected chi connectivity index (χ3v) is 5.75. The van der Waals surface area contributed by atoms with Crippen molar-refractivity contribution in [2.45, 2.75) is 17.1 Å². The molecule has 0 bridgehead atoms. The largest absolute Gasteiger partial charge is 0.508 e. The van der Waals surface area contributed by atoms with E-state index in [4.69, 9.17) is 17.0 Å². The van der Waals surface area contributed by atoms with E-state index in [1.54, 1.807) is 31.0 Å². The number of hydrogen-bond donors (Lipinski definition) is 1. The molecule has 114 valence electrons. The second-order valence-corrected chi connectivity index (χ2v) is 6.86. The number of hydrogen-bond acceptors (Lipinski definition) is 4. The number of likely N-dealkylation sites (N-methyl/N-ethyl adjacent to an activating group) is 1. The molecule has 0 amide bonds. The fraction of sp³-hybridized carbons (Fsp3) is 0.235. The molecule has 2 aromatic carbocycles. The van der Waals surface area contributed by atoms with E-state index in [2.05, 4.69) is 25.1 Å². The first kappa shape index (κ1) is 15.2. The average Bonchev–Trinajstić information content (AvgIpc) is 2.51. The molecule has 1 N–H and O–H groups in total. The Morgan fingerprint density at radius 3 is 2.73 bits per heavy atom. The van der Waals surface area contributed by atoms with Gasteiger partial charge in [-0.2, -0.15) is 0 Å². The van der Waals surface area contributed by atoms with Crippen molar-refractivity contribution < 1.29 is 9.84 Å². The van der Waals surface area contributed by atoms with Crippen molar-refractivity contribution in [1.82, 2.24) is 0 Å². The lowest BCUT2D eigenvalue weighted by molar-refractivity contribution is 0.411. The van der Waals surface area contributed by atoms with E-state index < -0.39 is 0 Å². The van der Waals surface area contributed by atoms with E-state index in [0.29, 0.717) is 5.75 Å². The Morgan fingerprint density at radius 1 is 1.23 bits per heavy atom.